The Balaban J connectivity index is 3.09. The highest BCUT2D eigenvalue weighted by molar-refractivity contribution is 6.00. The van der Waals surface area contributed by atoms with E-state index >= 15 is 0 Å². The van der Waals surface area contributed by atoms with E-state index in [1.807, 2.05) is 0 Å². The summed E-state index contributed by atoms with van der Waals surface area (Å²) < 4.78 is 36.8. The maximum absolute atomic E-state index is 12.3. The van der Waals surface area contributed by atoms with E-state index in [-0.39, 0.29) is 16.3 Å². The highest BCUT2D eigenvalue weighted by atomic mass is 19.4. The van der Waals surface area contributed by atoms with E-state index in [0.717, 1.165) is 24.3 Å². The molecule has 0 bridgehead atoms. The molecule has 1 rings (SSSR count). The number of carboxylic acids is 1. The number of phenolic OH excluding ortho intramolecular Hbond substituents is 1. The van der Waals surface area contributed by atoms with Crippen LogP contribution in [0.15, 0.2) is 24.3 Å². The lowest BCUT2D eigenvalue weighted by molar-refractivity contribution is -0.170. The molecule has 0 radical (unpaired) electrons. The van der Waals surface area contributed by atoms with Crippen molar-refractivity contribution in [2.45, 2.75) is 6.18 Å². The zero-order valence-corrected chi connectivity index (χ0v) is 8.81. The lowest BCUT2D eigenvalue weighted by atomic mass is 10.2. The molecule has 0 atom stereocenters. The number of hydrogen-bond donors (Lipinski definition) is 2. The highest BCUT2D eigenvalue weighted by Crippen LogP contribution is 2.24. The average molecular weight is 263 g/mol. The van der Waals surface area contributed by atoms with Crippen LogP contribution in [0.1, 0.15) is 0 Å². The number of anilines is 1. The van der Waals surface area contributed by atoms with Crippen LogP contribution in [0, 0.1) is 0 Å². The Hall–Kier alpha value is -2.25. The third kappa shape index (κ3) is 3.37. The quantitative estimate of drug-likeness (QED) is 0.863. The molecule has 0 aliphatic heterocycles. The summed E-state index contributed by atoms with van der Waals surface area (Å²) in [6.45, 7) is -1.12. The fourth-order valence-corrected chi connectivity index (χ4v) is 1.20. The first-order chi connectivity index (χ1) is 8.21. The Morgan fingerprint density at radius 3 is 2.06 bits per heavy atom. The van der Waals surface area contributed by atoms with Crippen LogP contribution in [0.25, 0.3) is 0 Å². The van der Waals surface area contributed by atoms with Gasteiger partial charge < -0.3 is 10.2 Å². The van der Waals surface area contributed by atoms with Gasteiger partial charge in [-0.25, -0.2) is 0 Å². The molecule has 2 N–H and O–H groups in total. The molecule has 1 amide bonds. The van der Waals surface area contributed by atoms with Crippen LogP contribution in [0.3, 0.4) is 0 Å². The van der Waals surface area contributed by atoms with Gasteiger partial charge in [-0.2, -0.15) is 13.2 Å². The Kier molecular flexibility index (Phi) is 3.79. The van der Waals surface area contributed by atoms with Crippen molar-refractivity contribution in [3.63, 3.8) is 0 Å². The predicted molar refractivity (Wildman–Crippen MR) is 54.2 cm³/mol. The molecule has 0 fully saturated rings. The van der Waals surface area contributed by atoms with Crippen molar-refractivity contribution in [2.24, 2.45) is 0 Å². The van der Waals surface area contributed by atoms with Crippen molar-refractivity contribution in [1.29, 1.82) is 0 Å². The molecule has 5 nitrogen and oxygen atoms in total. The van der Waals surface area contributed by atoms with Crippen LogP contribution in [0.5, 0.6) is 5.75 Å². The zero-order chi connectivity index (χ0) is 13.9. The van der Waals surface area contributed by atoms with Crippen LogP contribution in [-0.2, 0) is 9.59 Å². The van der Waals surface area contributed by atoms with Crippen molar-refractivity contribution in [1.82, 2.24) is 0 Å². The molecular weight excluding hydrogens is 255 g/mol. The van der Waals surface area contributed by atoms with E-state index in [1.165, 1.54) is 0 Å². The molecule has 1 aromatic carbocycles. The third-order valence-electron chi connectivity index (χ3n) is 1.94. The van der Waals surface area contributed by atoms with Gasteiger partial charge in [-0.3, -0.25) is 14.5 Å². The minimum atomic E-state index is -5.17. The first kappa shape index (κ1) is 13.8. The van der Waals surface area contributed by atoms with Gasteiger partial charge in [0.2, 0.25) is 0 Å². The zero-order valence-electron chi connectivity index (χ0n) is 8.81. The van der Waals surface area contributed by atoms with Crippen LogP contribution < -0.4 is 4.90 Å². The molecule has 0 saturated carbocycles. The Labute approximate surface area is 99.1 Å². The van der Waals surface area contributed by atoms with Gasteiger partial charge in [-0.05, 0) is 24.3 Å². The lowest BCUT2D eigenvalue weighted by Crippen LogP contribution is -2.44. The van der Waals surface area contributed by atoms with Crippen molar-refractivity contribution >= 4 is 17.6 Å². The number of alkyl halides is 3. The van der Waals surface area contributed by atoms with Gasteiger partial charge >= 0.3 is 18.1 Å². The molecule has 0 aliphatic carbocycles. The molecule has 0 aliphatic rings. The number of carboxylic acid groups (broad SMARTS) is 1. The van der Waals surface area contributed by atoms with E-state index < -0.39 is 24.6 Å². The highest BCUT2D eigenvalue weighted by Gasteiger charge is 2.43. The van der Waals surface area contributed by atoms with E-state index in [1.54, 1.807) is 0 Å². The molecule has 0 saturated heterocycles. The molecule has 0 heterocycles. The predicted octanol–water partition coefficient (Wildman–Crippen LogP) is 1.37. The second-order valence-corrected chi connectivity index (χ2v) is 3.30. The summed E-state index contributed by atoms with van der Waals surface area (Å²) in [5, 5.41) is 17.5. The molecule has 0 unspecified atom stereocenters. The fraction of sp³-hybridized carbons (Fsp3) is 0.200. The summed E-state index contributed by atoms with van der Waals surface area (Å²) in [4.78, 5) is 21.6. The summed E-state index contributed by atoms with van der Waals surface area (Å²) >= 11 is 0. The van der Waals surface area contributed by atoms with Crippen molar-refractivity contribution in [3.05, 3.63) is 24.3 Å². The molecular formula is C10H8F3NO4. The van der Waals surface area contributed by atoms with E-state index in [0.29, 0.717) is 0 Å². The Morgan fingerprint density at radius 2 is 1.67 bits per heavy atom. The van der Waals surface area contributed by atoms with Gasteiger partial charge in [0, 0.05) is 5.69 Å². The number of carbonyl (C=O) groups excluding carboxylic acids is 1. The van der Waals surface area contributed by atoms with Gasteiger partial charge in [0.1, 0.15) is 12.3 Å². The number of rotatable bonds is 3. The molecule has 98 valence electrons. The number of amides is 1. The van der Waals surface area contributed by atoms with Crippen LogP contribution in [0.2, 0.25) is 0 Å². The van der Waals surface area contributed by atoms with Gasteiger partial charge in [0.25, 0.3) is 0 Å². The maximum atomic E-state index is 12.3. The first-order valence-electron chi connectivity index (χ1n) is 4.61. The van der Waals surface area contributed by atoms with Gasteiger partial charge in [-0.15, -0.1) is 0 Å². The monoisotopic (exact) mass is 263 g/mol. The summed E-state index contributed by atoms with van der Waals surface area (Å²) in [6.07, 6.45) is -5.17. The van der Waals surface area contributed by atoms with Crippen LogP contribution >= 0.6 is 0 Å². The maximum Gasteiger partial charge on any atom is 0.471 e. The SMILES string of the molecule is O=C(O)CN(C(=O)C(F)(F)F)c1ccc(O)cc1. The van der Waals surface area contributed by atoms with E-state index in [4.69, 9.17) is 10.2 Å². The minimum Gasteiger partial charge on any atom is -0.508 e. The standard InChI is InChI=1S/C10H8F3NO4/c11-10(12,13)9(18)14(5-8(16)17)6-1-3-7(15)4-2-6/h1-4,15H,5H2,(H,16,17). The van der Waals surface area contributed by atoms with Gasteiger partial charge in [0.15, 0.2) is 0 Å². The lowest BCUT2D eigenvalue weighted by Gasteiger charge is -2.21. The second kappa shape index (κ2) is 4.94. The molecule has 0 spiro atoms. The topological polar surface area (TPSA) is 77.8 Å². The summed E-state index contributed by atoms with van der Waals surface area (Å²) in [6, 6.07) is 4.13. The molecule has 18 heavy (non-hydrogen) atoms. The fourth-order valence-electron chi connectivity index (χ4n) is 1.20. The number of hydrogen-bond acceptors (Lipinski definition) is 3. The number of aliphatic carboxylic acids is 1. The molecule has 8 heteroatoms. The van der Waals surface area contributed by atoms with Crippen LogP contribution in [-0.4, -0.2) is 34.8 Å². The number of aromatic hydroxyl groups is 1. The van der Waals surface area contributed by atoms with E-state index in [9.17, 15) is 22.8 Å². The van der Waals surface area contributed by atoms with Crippen molar-refractivity contribution < 1.29 is 33.0 Å². The van der Waals surface area contributed by atoms with Crippen LogP contribution in [0.4, 0.5) is 18.9 Å². The molecule has 1 aromatic rings. The van der Waals surface area contributed by atoms with Crippen molar-refractivity contribution in [3.8, 4) is 5.75 Å². The number of halogens is 3. The number of carbonyl (C=O) groups is 2. The Morgan fingerprint density at radius 1 is 1.17 bits per heavy atom. The Bertz CT molecular complexity index is 455. The van der Waals surface area contributed by atoms with Gasteiger partial charge in [-0.1, -0.05) is 0 Å². The summed E-state index contributed by atoms with van der Waals surface area (Å²) in [7, 11) is 0. The first-order valence-corrected chi connectivity index (χ1v) is 4.61. The summed E-state index contributed by atoms with van der Waals surface area (Å²) in [5.74, 6) is -4.08. The van der Waals surface area contributed by atoms with Crippen molar-refractivity contribution in [2.75, 3.05) is 11.4 Å². The molecule has 0 aromatic heterocycles. The number of phenols is 1. The smallest absolute Gasteiger partial charge is 0.471 e. The second-order valence-electron chi connectivity index (χ2n) is 3.30. The summed E-state index contributed by atoms with van der Waals surface area (Å²) in [5.41, 5.74) is -0.266. The third-order valence-corrected chi connectivity index (χ3v) is 1.94. The number of benzene rings is 1. The van der Waals surface area contributed by atoms with E-state index in [2.05, 4.69) is 0 Å². The normalized spacial score (nSPS) is 11.1. The average Bonchev–Trinajstić information content (AvgIpc) is 2.25. The largest absolute Gasteiger partial charge is 0.508 e. The van der Waals surface area contributed by atoms with Gasteiger partial charge in [0.05, 0.1) is 0 Å². The minimum absolute atomic E-state index is 0.0712. The number of nitrogens with zero attached hydrogens (tertiary/aromatic N) is 1.